The van der Waals surface area contributed by atoms with E-state index in [2.05, 4.69) is 6.92 Å². The number of unbranched alkanes of at least 4 members (excludes halogenated alkanes) is 3. The number of methoxy groups -OCH3 is 2. The second-order valence-electron chi connectivity index (χ2n) is 6.71. The lowest BCUT2D eigenvalue weighted by atomic mass is 9.70. The molecule has 0 bridgehead atoms. The molecule has 130 valence electrons. The molecular weight excluding hydrogens is 302 g/mol. The predicted octanol–water partition coefficient (Wildman–Crippen LogP) is 2.34. The lowest BCUT2D eigenvalue weighted by Crippen LogP contribution is -2.50. The summed E-state index contributed by atoms with van der Waals surface area (Å²) in [4.78, 5) is 36.2. The molecular formula is C16H25NO6. The Kier molecular flexibility index (Phi) is 4.96. The summed E-state index contributed by atoms with van der Waals surface area (Å²) in [6, 6.07) is 0. The first kappa shape index (κ1) is 17.7. The van der Waals surface area contributed by atoms with Crippen molar-refractivity contribution in [3.05, 3.63) is 10.1 Å². The zero-order chi connectivity index (χ0) is 17.3. The molecule has 0 saturated heterocycles. The Morgan fingerprint density at radius 2 is 1.74 bits per heavy atom. The third-order valence-corrected chi connectivity index (χ3v) is 5.67. The van der Waals surface area contributed by atoms with E-state index >= 15 is 0 Å². The number of nitrogens with zero attached hydrogens (tertiary/aromatic N) is 1. The Morgan fingerprint density at radius 3 is 2.22 bits per heavy atom. The van der Waals surface area contributed by atoms with Gasteiger partial charge in [-0.3, -0.25) is 19.7 Å². The standard InChI is InChI=1S/C16H25NO6/c1-4-5-6-7-8-12-15(13(18)22-2,14(19)23-3)9-11-10-16(11,12)17(20)21/h11-12H,4-10H2,1-3H3/t11-,12+,16-/m1/s1. The fourth-order valence-electron chi connectivity index (χ4n) is 4.49. The minimum Gasteiger partial charge on any atom is -0.468 e. The summed E-state index contributed by atoms with van der Waals surface area (Å²) in [6.45, 7) is 2.08. The SMILES string of the molecule is CCCCCC[C@H]1C(C(=O)OC)(C(=O)OC)C[C@@H]2C[C@@]21[N+](=O)[O-]. The van der Waals surface area contributed by atoms with Crippen LogP contribution in [0.1, 0.15) is 51.9 Å². The Balaban J connectivity index is 2.34. The number of carbonyl (C=O) groups is 2. The minimum absolute atomic E-state index is 0.159. The average molecular weight is 327 g/mol. The molecule has 2 saturated carbocycles. The van der Waals surface area contributed by atoms with Crippen molar-refractivity contribution >= 4 is 11.9 Å². The van der Waals surface area contributed by atoms with Crippen LogP contribution in [-0.2, 0) is 19.1 Å². The Morgan fingerprint density at radius 1 is 1.13 bits per heavy atom. The monoisotopic (exact) mass is 327 g/mol. The predicted molar refractivity (Wildman–Crippen MR) is 81.2 cm³/mol. The van der Waals surface area contributed by atoms with Crippen LogP contribution >= 0.6 is 0 Å². The van der Waals surface area contributed by atoms with Crippen LogP contribution in [-0.4, -0.2) is 36.6 Å². The van der Waals surface area contributed by atoms with Crippen molar-refractivity contribution in [3.63, 3.8) is 0 Å². The van der Waals surface area contributed by atoms with Gasteiger partial charge in [0.1, 0.15) is 0 Å². The number of nitro groups is 1. The fraction of sp³-hybridized carbons (Fsp3) is 0.875. The first-order valence-corrected chi connectivity index (χ1v) is 8.23. The molecule has 0 aromatic rings. The van der Waals surface area contributed by atoms with Crippen LogP contribution in [0.25, 0.3) is 0 Å². The third kappa shape index (κ3) is 2.50. The second-order valence-corrected chi connectivity index (χ2v) is 6.71. The first-order chi connectivity index (χ1) is 10.9. The maximum atomic E-state index is 12.4. The number of esters is 2. The molecule has 0 heterocycles. The van der Waals surface area contributed by atoms with E-state index in [0.29, 0.717) is 12.8 Å². The molecule has 2 fully saturated rings. The number of ether oxygens (including phenoxy) is 2. The topological polar surface area (TPSA) is 95.7 Å². The molecule has 0 amide bonds. The molecule has 0 aliphatic heterocycles. The molecule has 23 heavy (non-hydrogen) atoms. The molecule has 2 rings (SSSR count). The van der Waals surface area contributed by atoms with Crippen LogP contribution in [0.4, 0.5) is 0 Å². The maximum absolute atomic E-state index is 12.4. The second kappa shape index (κ2) is 6.45. The van der Waals surface area contributed by atoms with Gasteiger partial charge < -0.3 is 9.47 Å². The lowest BCUT2D eigenvalue weighted by molar-refractivity contribution is -0.551. The van der Waals surface area contributed by atoms with E-state index in [9.17, 15) is 19.7 Å². The van der Waals surface area contributed by atoms with Gasteiger partial charge >= 0.3 is 11.9 Å². The number of fused-ring (bicyclic) bond motifs is 1. The molecule has 0 unspecified atom stereocenters. The molecule has 7 heteroatoms. The van der Waals surface area contributed by atoms with Crippen molar-refractivity contribution in [2.45, 2.75) is 57.4 Å². The first-order valence-electron chi connectivity index (χ1n) is 8.23. The summed E-state index contributed by atoms with van der Waals surface area (Å²) in [6.07, 6.45) is 4.85. The molecule has 7 nitrogen and oxygen atoms in total. The van der Waals surface area contributed by atoms with E-state index in [-0.39, 0.29) is 17.3 Å². The maximum Gasteiger partial charge on any atom is 0.323 e. The van der Waals surface area contributed by atoms with Crippen molar-refractivity contribution in [3.8, 4) is 0 Å². The summed E-state index contributed by atoms with van der Waals surface area (Å²) in [5, 5.41) is 11.7. The number of hydrogen-bond donors (Lipinski definition) is 0. The van der Waals surface area contributed by atoms with Crippen molar-refractivity contribution in [2.75, 3.05) is 14.2 Å². The lowest BCUT2D eigenvalue weighted by Gasteiger charge is -2.32. The van der Waals surface area contributed by atoms with Crippen LogP contribution in [0.5, 0.6) is 0 Å². The summed E-state index contributed by atoms with van der Waals surface area (Å²) >= 11 is 0. The average Bonchev–Trinajstić information content (AvgIpc) is 3.19. The smallest absolute Gasteiger partial charge is 0.323 e. The number of carbonyl (C=O) groups excluding carboxylic acids is 2. The zero-order valence-corrected chi connectivity index (χ0v) is 14.0. The normalized spacial score (nSPS) is 30.4. The Hall–Kier alpha value is -1.66. The van der Waals surface area contributed by atoms with Crippen LogP contribution < -0.4 is 0 Å². The molecule has 2 aliphatic rings. The van der Waals surface area contributed by atoms with Gasteiger partial charge in [-0.15, -0.1) is 0 Å². The highest BCUT2D eigenvalue weighted by Crippen LogP contribution is 2.69. The van der Waals surface area contributed by atoms with Gasteiger partial charge in [-0.2, -0.15) is 0 Å². The number of rotatable bonds is 8. The summed E-state index contributed by atoms with van der Waals surface area (Å²) < 4.78 is 9.70. The highest BCUT2D eigenvalue weighted by molar-refractivity contribution is 6.01. The quantitative estimate of drug-likeness (QED) is 0.223. The van der Waals surface area contributed by atoms with E-state index in [4.69, 9.17) is 9.47 Å². The molecule has 0 N–H and O–H groups in total. The molecule has 0 spiro atoms. The van der Waals surface area contributed by atoms with Crippen LogP contribution in [0, 0.1) is 27.4 Å². The van der Waals surface area contributed by atoms with E-state index in [1.54, 1.807) is 0 Å². The van der Waals surface area contributed by atoms with E-state index < -0.39 is 28.8 Å². The van der Waals surface area contributed by atoms with Gasteiger partial charge in [-0.25, -0.2) is 0 Å². The van der Waals surface area contributed by atoms with Crippen LogP contribution in [0.2, 0.25) is 0 Å². The van der Waals surface area contributed by atoms with Crippen molar-refractivity contribution < 1.29 is 24.0 Å². The van der Waals surface area contributed by atoms with Crippen molar-refractivity contribution in [2.24, 2.45) is 17.3 Å². The van der Waals surface area contributed by atoms with E-state index in [0.717, 1.165) is 25.7 Å². The number of hydrogen-bond acceptors (Lipinski definition) is 6. The third-order valence-electron chi connectivity index (χ3n) is 5.67. The van der Waals surface area contributed by atoms with Gasteiger partial charge in [-0.1, -0.05) is 32.6 Å². The van der Waals surface area contributed by atoms with Gasteiger partial charge in [-0.05, 0) is 12.8 Å². The van der Waals surface area contributed by atoms with E-state index in [1.165, 1.54) is 14.2 Å². The van der Waals surface area contributed by atoms with Gasteiger partial charge in [0.2, 0.25) is 5.54 Å². The van der Waals surface area contributed by atoms with Gasteiger partial charge in [0.05, 0.1) is 20.1 Å². The Bertz CT molecular complexity index is 489. The zero-order valence-electron chi connectivity index (χ0n) is 14.0. The Labute approximate surface area is 135 Å². The minimum atomic E-state index is -1.52. The highest BCUT2D eigenvalue weighted by atomic mass is 16.6. The van der Waals surface area contributed by atoms with Gasteiger partial charge in [0, 0.05) is 17.3 Å². The largest absolute Gasteiger partial charge is 0.468 e. The molecule has 2 aliphatic carbocycles. The van der Waals surface area contributed by atoms with Gasteiger partial charge in [0.15, 0.2) is 5.41 Å². The fourth-order valence-corrected chi connectivity index (χ4v) is 4.49. The highest BCUT2D eigenvalue weighted by Gasteiger charge is 2.84. The molecule has 3 atom stereocenters. The van der Waals surface area contributed by atoms with E-state index in [1.807, 2.05) is 0 Å². The summed E-state index contributed by atoms with van der Waals surface area (Å²) in [7, 11) is 2.42. The van der Waals surface area contributed by atoms with Crippen LogP contribution in [0.15, 0.2) is 0 Å². The summed E-state index contributed by atoms with van der Waals surface area (Å²) in [5.41, 5.74) is -2.68. The molecule has 0 aromatic heterocycles. The van der Waals surface area contributed by atoms with Crippen molar-refractivity contribution in [1.82, 2.24) is 0 Å². The molecule has 0 radical (unpaired) electrons. The summed E-state index contributed by atoms with van der Waals surface area (Å²) in [5.74, 6) is -2.28. The van der Waals surface area contributed by atoms with Gasteiger partial charge in [0.25, 0.3) is 0 Å². The molecule has 0 aromatic carbocycles. The van der Waals surface area contributed by atoms with Crippen molar-refractivity contribution in [1.29, 1.82) is 0 Å². The van der Waals surface area contributed by atoms with Crippen LogP contribution in [0.3, 0.4) is 0 Å².